The summed E-state index contributed by atoms with van der Waals surface area (Å²) in [4.78, 5) is 16.9. The average Bonchev–Trinajstić information content (AvgIpc) is 2.98. The van der Waals surface area contributed by atoms with E-state index in [-0.39, 0.29) is 12.5 Å². The number of methoxy groups -OCH3 is 1. The number of carbonyl (C=O) groups excluding carboxylic acids is 1. The standard InChI is InChI=1S/C19H21ClN4O2/c1-26-10-9-21-18(25)13-24-17-8-3-2-7-16(17)23-19(24)22-12-14-5-4-6-15(20)11-14/h2-8,11H,9-10,12-13H2,1H3,(H,21,25)(H,22,23). The van der Waals surface area contributed by atoms with Gasteiger partial charge in [-0.05, 0) is 29.8 Å². The van der Waals surface area contributed by atoms with Crippen LogP contribution in [0.4, 0.5) is 5.95 Å². The molecule has 0 aliphatic rings. The van der Waals surface area contributed by atoms with Gasteiger partial charge in [-0.1, -0.05) is 35.9 Å². The van der Waals surface area contributed by atoms with Gasteiger partial charge in [-0.3, -0.25) is 4.79 Å². The Bertz CT molecular complexity index is 894. The fourth-order valence-corrected chi connectivity index (χ4v) is 2.90. The van der Waals surface area contributed by atoms with Crippen LogP contribution in [0.5, 0.6) is 0 Å². The maximum absolute atomic E-state index is 12.2. The van der Waals surface area contributed by atoms with E-state index in [4.69, 9.17) is 16.3 Å². The van der Waals surface area contributed by atoms with E-state index < -0.39 is 0 Å². The van der Waals surface area contributed by atoms with E-state index >= 15 is 0 Å². The van der Waals surface area contributed by atoms with Gasteiger partial charge >= 0.3 is 0 Å². The van der Waals surface area contributed by atoms with E-state index in [2.05, 4.69) is 15.6 Å². The van der Waals surface area contributed by atoms with Crippen LogP contribution in [0.2, 0.25) is 5.02 Å². The molecule has 1 aromatic heterocycles. The summed E-state index contributed by atoms with van der Waals surface area (Å²) in [6, 6.07) is 15.4. The van der Waals surface area contributed by atoms with Crippen LogP contribution in [0.15, 0.2) is 48.5 Å². The Morgan fingerprint density at radius 2 is 2.08 bits per heavy atom. The topological polar surface area (TPSA) is 68.2 Å². The molecule has 1 heterocycles. The molecular weight excluding hydrogens is 352 g/mol. The predicted molar refractivity (Wildman–Crippen MR) is 103 cm³/mol. The monoisotopic (exact) mass is 372 g/mol. The van der Waals surface area contributed by atoms with Crippen LogP contribution in [-0.4, -0.2) is 35.7 Å². The van der Waals surface area contributed by atoms with Crippen molar-refractivity contribution in [3.8, 4) is 0 Å². The van der Waals surface area contributed by atoms with E-state index in [1.807, 2.05) is 53.1 Å². The van der Waals surface area contributed by atoms with Crippen LogP contribution in [0.25, 0.3) is 11.0 Å². The lowest BCUT2D eigenvalue weighted by Crippen LogP contribution is -2.30. The van der Waals surface area contributed by atoms with Crippen molar-refractivity contribution in [1.29, 1.82) is 0 Å². The molecule has 1 amide bonds. The van der Waals surface area contributed by atoms with Crippen LogP contribution in [0.1, 0.15) is 5.56 Å². The third-order valence-corrected chi connectivity index (χ3v) is 4.16. The number of para-hydroxylation sites is 2. The van der Waals surface area contributed by atoms with Crippen molar-refractivity contribution >= 4 is 34.5 Å². The summed E-state index contributed by atoms with van der Waals surface area (Å²) in [7, 11) is 1.60. The number of nitrogens with zero attached hydrogens (tertiary/aromatic N) is 2. The molecule has 136 valence electrons. The van der Waals surface area contributed by atoms with Crippen molar-refractivity contribution in [3.63, 3.8) is 0 Å². The average molecular weight is 373 g/mol. The molecular formula is C19H21ClN4O2. The lowest BCUT2D eigenvalue weighted by Gasteiger charge is -2.11. The number of nitrogens with one attached hydrogen (secondary N) is 2. The Kier molecular flexibility index (Phi) is 6.09. The second kappa shape index (κ2) is 8.69. The Morgan fingerprint density at radius 1 is 1.23 bits per heavy atom. The summed E-state index contributed by atoms with van der Waals surface area (Å²) in [6.45, 7) is 1.71. The molecule has 2 N–H and O–H groups in total. The molecule has 0 radical (unpaired) electrons. The number of fused-ring (bicyclic) bond motifs is 1. The second-order valence-corrected chi connectivity index (χ2v) is 6.27. The van der Waals surface area contributed by atoms with E-state index in [1.165, 1.54) is 0 Å². The van der Waals surface area contributed by atoms with Gasteiger partial charge in [-0.2, -0.15) is 0 Å². The Morgan fingerprint density at radius 3 is 2.88 bits per heavy atom. The molecule has 7 heteroatoms. The van der Waals surface area contributed by atoms with Crippen molar-refractivity contribution in [2.24, 2.45) is 0 Å². The van der Waals surface area contributed by atoms with Crippen molar-refractivity contribution in [2.45, 2.75) is 13.1 Å². The molecule has 0 saturated carbocycles. The number of aromatic nitrogens is 2. The molecule has 2 aromatic carbocycles. The molecule has 6 nitrogen and oxygen atoms in total. The number of ether oxygens (including phenoxy) is 1. The maximum Gasteiger partial charge on any atom is 0.240 e. The van der Waals surface area contributed by atoms with Crippen LogP contribution in [0.3, 0.4) is 0 Å². The quantitative estimate of drug-likeness (QED) is 0.596. The van der Waals surface area contributed by atoms with Crippen LogP contribution in [0, 0.1) is 0 Å². The summed E-state index contributed by atoms with van der Waals surface area (Å²) < 4.78 is 6.84. The summed E-state index contributed by atoms with van der Waals surface area (Å²) in [6.07, 6.45) is 0. The van der Waals surface area contributed by atoms with E-state index in [1.54, 1.807) is 7.11 Å². The molecule has 0 saturated heterocycles. The normalized spacial score (nSPS) is 10.8. The first-order valence-corrected chi connectivity index (χ1v) is 8.74. The highest BCUT2D eigenvalue weighted by Crippen LogP contribution is 2.20. The van der Waals surface area contributed by atoms with E-state index in [0.29, 0.717) is 30.7 Å². The Hall–Kier alpha value is -2.57. The molecule has 3 aromatic rings. The zero-order valence-electron chi connectivity index (χ0n) is 14.5. The van der Waals surface area contributed by atoms with Gasteiger partial charge in [0.1, 0.15) is 6.54 Å². The van der Waals surface area contributed by atoms with Crippen molar-refractivity contribution in [1.82, 2.24) is 14.9 Å². The molecule has 26 heavy (non-hydrogen) atoms. The van der Waals surface area contributed by atoms with Gasteiger partial charge in [0.05, 0.1) is 17.6 Å². The van der Waals surface area contributed by atoms with Gasteiger partial charge in [0.2, 0.25) is 11.9 Å². The predicted octanol–water partition coefficient (Wildman–Crippen LogP) is 3.06. The van der Waals surface area contributed by atoms with Gasteiger partial charge in [0.25, 0.3) is 0 Å². The van der Waals surface area contributed by atoms with Gasteiger partial charge < -0.3 is 19.9 Å². The number of imidazole rings is 1. The van der Waals surface area contributed by atoms with Gasteiger partial charge in [0.15, 0.2) is 0 Å². The first-order chi connectivity index (χ1) is 12.7. The number of halogens is 1. The highest BCUT2D eigenvalue weighted by molar-refractivity contribution is 6.30. The molecule has 0 bridgehead atoms. The van der Waals surface area contributed by atoms with Crippen molar-refractivity contribution < 1.29 is 9.53 Å². The molecule has 0 spiro atoms. The number of carbonyl (C=O) groups is 1. The zero-order chi connectivity index (χ0) is 18.4. The molecule has 0 atom stereocenters. The number of benzene rings is 2. The fourth-order valence-electron chi connectivity index (χ4n) is 2.69. The Labute approximate surface area is 157 Å². The SMILES string of the molecule is COCCNC(=O)Cn1c(NCc2cccc(Cl)c2)nc2ccccc21. The van der Waals surface area contributed by atoms with Crippen molar-refractivity contribution in [3.05, 3.63) is 59.1 Å². The van der Waals surface area contributed by atoms with Crippen LogP contribution in [-0.2, 0) is 22.6 Å². The minimum atomic E-state index is -0.0870. The number of anilines is 1. The highest BCUT2D eigenvalue weighted by atomic mass is 35.5. The summed E-state index contributed by atoms with van der Waals surface area (Å²) in [5, 5.41) is 6.83. The molecule has 3 rings (SSSR count). The highest BCUT2D eigenvalue weighted by Gasteiger charge is 2.13. The fraction of sp³-hybridized carbons (Fsp3) is 0.263. The molecule has 0 aliphatic heterocycles. The first kappa shape index (κ1) is 18.2. The lowest BCUT2D eigenvalue weighted by molar-refractivity contribution is -0.121. The minimum Gasteiger partial charge on any atom is -0.383 e. The third kappa shape index (κ3) is 4.53. The second-order valence-electron chi connectivity index (χ2n) is 5.84. The van der Waals surface area contributed by atoms with Gasteiger partial charge in [-0.15, -0.1) is 0 Å². The molecule has 0 fully saturated rings. The third-order valence-electron chi connectivity index (χ3n) is 3.92. The van der Waals surface area contributed by atoms with Gasteiger partial charge in [0, 0.05) is 25.2 Å². The molecule has 0 unspecified atom stereocenters. The zero-order valence-corrected chi connectivity index (χ0v) is 15.3. The number of amides is 1. The first-order valence-electron chi connectivity index (χ1n) is 8.36. The van der Waals surface area contributed by atoms with Gasteiger partial charge in [-0.25, -0.2) is 4.98 Å². The number of hydrogen-bond acceptors (Lipinski definition) is 4. The minimum absolute atomic E-state index is 0.0870. The summed E-state index contributed by atoms with van der Waals surface area (Å²) in [5.74, 6) is 0.559. The summed E-state index contributed by atoms with van der Waals surface area (Å²) in [5.41, 5.74) is 2.79. The lowest BCUT2D eigenvalue weighted by atomic mass is 10.2. The summed E-state index contributed by atoms with van der Waals surface area (Å²) >= 11 is 6.04. The van der Waals surface area contributed by atoms with Crippen LogP contribution >= 0.6 is 11.6 Å². The number of hydrogen-bond donors (Lipinski definition) is 2. The molecule has 0 aliphatic carbocycles. The van der Waals surface area contributed by atoms with Crippen LogP contribution < -0.4 is 10.6 Å². The largest absolute Gasteiger partial charge is 0.383 e. The van der Waals surface area contributed by atoms with E-state index in [0.717, 1.165) is 16.6 Å². The van der Waals surface area contributed by atoms with E-state index in [9.17, 15) is 4.79 Å². The maximum atomic E-state index is 12.2. The van der Waals surface area contributed by atoms with Crippen molar-refractivity contribution in [2.75, 3.05) is 25.6 Å². The number of rotatable bonds is 8. The Balaban J connectivity index is 1.79. The smallest absolute Gasteiger partial charge is 0.240 e.